The van der Waals surface area contributed by atoms with E-state index in [1.807, 2.05) is 42.5 Å². The van der Waals surface area contributed by atoms with Gasteiger partial charge in [0.2, 0.25) is 5.91 Å². The normalized spacial score (nSPS) is 14.0. The number of aromatic amines is 1. The Morgan fingerprint density at radius 3 is 2.53 bits per heavy atom. The average molecular weight is 426 g/mol. The van der Waals surface area contributed by atoms with E-state index in [-0.39, 0.29) is 29.3 Å². The lowest BCUT2D eigenvalue weighted by molar-refractivity contribution is -0.134. The van der Waals surface area contributed by atoms with Crippen LogP contribution >= 0.6 is 0 Å². The van der Waals surface area contributed by atoms with Gasteiger partial charge in [-0.3, -0.25) is 19.3 Å². The van der Waals surface area contributed by atoms with E-state index in [0.717, 1.165) is 15.8 Å². The van der Waals surface area contributed by atoms with Gasteiger partial charge in [0, 0.05) is 35.4 Å². The summed E-state index contributed by atoms with van der Waals surface area (Å²) in [5.41, 5.74) is 2.80. The Bertz CT molecular complexity index is 1400. The molecule has 0 bridgehead atoms. The Balaban J connectivity index is 1.49. The molecule has 1 aliphatic heterocycles. The second-order valence-corrected chi connectivity index (χ2v) is 7.38. The van der Waals surface area contributed by atoms with Crippen molar-refractivity contribution in [3.8, 4) is 0 Å². The lowest BCUT2D eigenvalue weighted by atomic mass is 9.99. The van der Waals surface area contributed by atoms with Gasteiger partial charge in [-0.05, 0) is 18.2 Å². The number of fused-ring (bicyclic) bond motifs is 1. The fraction of sp³-hybridized carbons (Fsp3) is 0.0870. The highest BCUT2D eigenvalue weighted by Gasteiger charge is 2.39. The summed E-state index contributed by atoms with van der Waals surface area (Å²) >= 11 is 0. The number of amides is 3. The van der Waals surface area contributed by atoms with Gasteiger partial charge >= 0.3 is 0 Å². The molecule has 0 spiro atoms. The Morgan fingerprint density at radius 1 is 1.00 bits per heavy atom. The van der Waals surface area contributed by atoms with Crippen molar-refractivity contribution < 1.29 is 14.4 Å². The first-order chi connectivity index (χ1) is 15.5. The lowest BCUT2D eigenvalue weighted by Crippen LogP contribution is -2.26. The smallest absolute Gasteiger partial charge is 0.263 e. The molecule has 0 saturated heterocycles. The van der Waals surface area contributed by atoms with Crippen LogP contribution in [0.2, 0.25) is 0 Å². The number of aromatic nitrogens is 4. The standard InChI is InChI=1S/C23H18N6O3/c1-28-22(31)20(16-11-24-17-10-6-5-9-15(16)17)21(23(28)32)18-12-29(27-26-18)13-19(30)25-14-7-3-2-4-8-14/h2-12,24H,13H2,1H3,(H,25,30). The SMILES string of the molecule is CN1C(=O)C(c2cn(CC(=O)Nc3ccccc3)nn2)=C(c2c[nH]c3ccccc23)C1=O. The topological polar surface area (TPSA) is 113 Å². The first kappa shape index (κ1) is 19.4. The summed E-state index contributed by atoms with van der Waals surface area (Å²) < 4.78 is 1.34. The second kappa shape index (κ2) is 7.62. The molecule has 2 aromatic carbocycles. The maximum Gasteiger partial charge on any atom is 0.263 e. The van der Waals surface area contributed by atoms with Crippen LogP contribution in [0.25, 0.3) is 22.0 Å². The highest BCUT2D eigenvalue weighted by atomic mass is 16.2. The van der Waals surface area contributed by atoms with Crippen LogP contribution in [0.5, 0.6) is 0 Å². The molecule has 158 valence electrons. The summed E-state index contributed by atoms with van der Waals surface area (Å²) in [6.45, 7) is -0.0877. The van der Waals surface area contributed by atoms with Crippen molar-refractivity contribution in [1.29, 1.82) is 0 Å². The zero-order chi connectivity index (χ0) is 22.2. The van der Waals surface area contributed by atoms with Gasteiger partial charge in [-0.1, -0.05) is 41.6 Å². The van der Waals surface area contributed by atoms with Crippen molar-refractivity contribution in [1.82, 2.24) is 24.9 Å². The van der Waals surface area contributed by atoms with E-state index in [1.54, 1.807) is 18.3 Å². The molecule has 32 heavy (non-hydrogen) atoms. The number of anilines is 1. The molecule has 3 heterocycles. The van der Waals surface area contributed by atoms with Crippen LogP contribution in [0.4, 0.5) is 5.69 Å². The molecular formula is C23H18N6O3. The highest BCUT2D eigenvalue weighted by molar-refractivity contribution is 6.49. The maximum atomic E-state index is 12.9. The van der Waals surface area contributed by atoms with Crippen LogP contribution in [0.1, 0.15) is 11.3 Å². The molecular weight excluding hydrogens is 408 g/mol. The number of para-hydroxylation sites is 2. The Hall–Kier alpha value is -4.53. The summed E-state index contributed by atoms with van der Waals surface area (Å²) in [5, 5.41) is 11.7. The molecule has 0 radical (unpaired) electrons. The third kappa shape index (κ3) is 3.25. The quantitative estimate of drug-likeness (QED) is 0.476. The van der Waals surface area contributed by atoms with E-state index >= 15 is 0 Å². The monoisotopic (exact) mass is 426 g/mol. The summed E-state index contributed by atoms with van der Waals surface area (Å²) in [6, 6.07) is 16.6. The van der Waals surface area contributed by atoms with Gasteiger partial charge in [-0.2, -0.15) is 0 Å². The summed E-state index contributed by atoms with van der Waals surface area (Å²) in [5.74, 6) is -1.16. The van der Waals surface area contributed by atoms with Gasteiger partial charge in [0.1, 0.15) is 12.2 Å². The zero-order valence-electron chi connectivity index (χ0n) is 17.1. The molecule has 4 aromatic rings. The number of hydrogen-bond donors (Lipinski definition) is 2. The van der Waals surface area contributed by atoms with E-state index in [0.29, 0.717) is 11.3 Å². The Labute approximate surface area is 182 Å². The fourth-order valence-corrected chi connectivity index (χ4v) is 3.77. The highest BCUT2D eigenvalue weighted by Crippen LogP contribution is 2.37. The third-order valence-corrected chi connectivity index (χ3v) is 5.30. The Morgan fingerprint density at radius 2 is 1.72 bits per heavy atom. The second-order valence-electron chi connectivity index (χ2n) is 7.38. The van der Waals surface area contributed by atoms with Gasteiger partial charge in [0.05, 0.1) is 17.3 Å². The predicted octanol–water partition coefficient (Wildman–Crippen LogP) is 2.31. The van der Waals surface area contributed by atoms with E-state index in [4.69, 9.17) is 0 Å². The number of imide groups is 1. The molecule has 3 amide bonds. The summed E-state index contributed by atoms with van der Waals surface area (Å²) in [6.07, 6.45) is 3.21. The molecule has 9 heteroatoms. The molecule has 2 N–H and O–H groups in total. The number of hydrogen-bond acceptors (Lipinski definition) is 5. The summed E-state index contributed by atoms with van der Waals surface area (Å²) in [7, 11) is 1.43. The van der Waals surface area contributed by atoms with Gasteiger partial charge in [0.25, 0.3) is 11.8 Å². The van der Waals surface area contributed by atoms with E-state index in [2.05, 4.69) is 20.6 Å². The number of nitrogens with zero attached hydrogens (tertiary/aromatic N) is 4. The fourth-order valence-electron chi connectivity index (χ4n) is 3.77. The molecule has 0 saturated carbocycles. The van der Waals surface area contributed by atoms with Crippen LogP contribution in [0, 0.1) is 0 Å². The minimum absolute atomic E-state index is 0.0877. The number of H-pyrrole nitrogens is 1. The van der Waals surface area contributed by atoms with E-state index < -0.39 is 11.8 Å². The molecule has 0 unspecified atom stereocenters. The van der Waals surface area contributed by atoms with Crippen molar-refractivity contribution in [2.24, 2.45) is 0 Å². The lowest BCUT2D eigenvalue weighted by Gasteiger charge is -2.05. The number of likely N-dealkylation sites (N-methyl/N-ethyl adjacent to an activating group) is 1. The van der Waals surface area contributed by atoms with Gasteiger partial charge in [-0.15, -0.1) is 5.10 Å². The van der Waals surface area contributed by atoms with Crippen molar-refractivity contribution in [2.75, 3.05) is 12.4 Å². The number of carbonyl (C=O) groups is 3. The van der Waals surface area contributed by atoms with Crippen LogP contribution in [0.15, 0.2) is 67.0 Å². The first-order valence-electron chi connectivity index (χ1n) is 9.91. The van der Waals surface area contributed by atoms with E-state index in [1.165, 1.54) is 17.9 Å². The van der Waals surface area contributed by atoms with Gasteiger partial charge in [0.15, 0.2) is 0 Å². The molecule has 5 rings (SSSR count). The van der Waals surface area contributed by atoms with Crippen LogP contribution in [-0.4, -0.2) is 49.6 Å². The predicted molar refractivity (Wildman–Crippen MR) is 118 cm³/mol. The molecule has 9 nitrogen and oxygen atoms in total. The number of benzene rings is 2. The first-order valence-corrected chi connectivity index (χ1v) is 9.91. The largest absolute Gasteiger partial charge is 0.361 e. The van der Waals surface area contributed by atoms with Crippen LogP contribution < -0.4 is 5.32 Å². The number of rotatable bonds is 5. The Kier molecular flexibility index (Phi) is 4.63. The van der Waals surface area contributed by atoms with Crippen molar-refractivity contribution in [2.45, 2.75) is 6.54 Å². The van der Waals surface area contributed by atoms with Crippen molar-refractivity contribution in [3.63, 3.8) is 0 Å². The number of nitrogens with one attached hydrogen (secondary N) is 2. The molecule has 0 aliphatic carbocycles. The van der Waals surface area contributed by atoms with Crippen molar-refractivity contribution in [3.05, 3.63) is 78.2 Å². The molecule has 0 atom stereocenters. The van der Waals surface area contributed by atoms with Gasteiger partial charge < -0.3 is 10.3 Å². The average Bonchev–Trinajstić information content (AvgIpc) is 3.48. The minimum Gasteiger partial charge on any atom is -0.361 e. The van der Waals surface area contributed by atoms with Crippen molar-refractivity contribution >= 4 is 45.5 Å². The maximum absolute atomic E-state index is 12.9. The summed E-state index contributed by atoms with van der Waals surface area (Å²) in [4.78, 5) is 42.4. The molecule has 2 aromatic heterocycles. The van der Waals surface area contributed by atoms with E-state index in [9.17, 15) is 14.4 Å². The molecule has 1 aliphatic rings. The van der Waals surface area contributed by atoms with Crippen LogP contribution in [0.3, 0.4) is 0 Å². The van der Waals surface area contributed by atoms with Crippen LogP contribution in [-0.2, 0) is 20.9 Å². The third-order valence-electron chi connectivity index (χ3n) is 5.30. The zero-order valence-corrected chi connectivity index (χ0v) is 17.1. The van der Waals surface area contributed by atoms with Gasteiger partial charge in [-0.25, -0.2) is 4.68 Å². The number of carbonyl (C=O) groups excluding carboxylic acids is 3. The molecule has 0 fully saturated rings. The minimum atomic E-state index is -0.462.